The van der Waals surface area contributed by atoms with Crippen LogP contribution in [-0.4, -0.2) is 338 Å². The van der Waals surface area contributed by atoms with Crippen LogP contribution in [0.15, 0.2) is 0 Å². The van der Waals surface area contributed by atoms with Crippen LogP contribution in [0.5, 0.6) is 0 Å². The van der Waals surface area contributed by atoms with Gasteiger partial charge in [-0.15, -0.1) is 0 Å². The summed E-state index contributed by atoms with van der Waals surface area (Å²) in [5.74, 6) is -4.98. The average molecular weight is 1400 g/mol. The van der Waals surface area contributed by atoms with Crippen molar-refractivity contribution in [1.82, 2.24) is 0 Å². The van der Waals surface area contributed by atoms with Crippen LogP contribution < -0.4 is 0 Å². The topological polar surface area (TPSA) is 662 Å². The van der Waals surface area contributed by atoms with Gasteiger partial charge in [0.05, 0.1) is 76.8 Å². The Morgan fingerprint density at radius 1 is 0.284 bits per heavy atom. The van der Waals surface area contributed by atoms with Crippen LogP contribution in [0.1, 0.15) is 20.8 Å². The van der Waals surface area contributed by atoms with E-state index in [4.69, 9.17) is 60.5 Å². The summed E-state index contributed by atoms with van der Waals surface area (Å²) < 4.78 is 250. The summed E-state index contributed by atoms with van der Waals surface area (Å²) >= 11 is 0. The second-order valence-electron chi connectivity index (χ2n) is 20.8. The first-order valence-corrected chi connectivity index (χ1v) is 32.7. The molecule has 43 nitrogen and oxygen atoms in total. The van der Waals surface area contributed by atoms with Crippen molar-refractivity contribution in [2.45, 2.75) is 187 Å². The van der Waals surface area contributed by atoms with E-state index in [0.29, 0.717) is 0 Å². The Morgan fingerprint density at radius 2 is 0.568 bits per heavy atom. The molecule has 88 heavy (non-hydrogen) atoms. The summed E-state index contributed by atoms with van der Waals surface area (Å²) in [6.07, 6.45) is -54.6. The van der Waals surface area contributed by atoms with Crippen molar-refractivity contribution < 1.29 is 199 Å². The molecule has 0 radical (unpaired) electrons. The predicted molar refractivity (Wildman–Crippen MR) is 266 cm³/mol. The molecule has 518 valence electrons. The minimum Gasteiger partial charge on any atom is -0.394 e. The lowest BCUT2D eigenvalue weighted by Gasteiger charge is -2.47. The standard InChI is InChI=1S/C40H70O43S5/c1-11-14(6-68-38-28(50)33(81-86(59,60)61)22(44)13(3)75-38)31(79-84(53,54)55)27(49)37(74-11)70-8-16-23(45)17(4-41)76-36(24(16)46)69-7-15-19(73-12(2)21(43)32(15)80-85(56,57)58)9-71-40-30(52)35(83-88(65,66)67)26(48)20(78-40)10-72-39-29(51)34(82-87(62,63)64)25(47)18(5-42)77-39/h11-52H,4-10H2,1-3H3,(H,53,54,55)(H,56,57,58)(H,59,60,61)(H,62,63,64)(H,65,66,67)/t11?,12?,13?,14-,15+,16?,17?,18?,19?,20?,21?,22-,23-,24?,25+,26+,27?,28?,29?,30?,31?,32?,33?,34?,35?,36-,37-,38-,39-,40-/m1/s1. The van der Waals surface area contributed by atoms with Gasteiger partial charge < -0.3 is 113 Å². The van der Waals surface area contributed by atoms with Crippen molar-refractivity contribution in [1.29, 1.82) is 0 Å². The third-order valence-corrected chi connectivity index (χ3v) is 17.1. The quantitative estimate of drug-likeness (QED) is 0.0340. The molecule has 0 aliphatic carbocycles. The molecule has 6 fully saturated rings. The van der Waals surface area contributed by atoms with E-state index in [2.05, 4.69) is 12.5 Å². The molecule has 0 spiro atoms. The zero-order chi connectivity index (χ0) is 66.1. The molecule has 0 saturated carbocycles. The fourth-order valence-corrected chi connectivity index (χ4v) is 12.9. The van der Waals surface area contributed by atoms with Gasteiger partial charge in [0.15, 0.2) is 31.5 Å². The van der Waals surface area contributed by atoms with Crippen molar-refractivity contribution >= 4 is 52.0 Å². The van der Waals surface area contributed by atoms with E-state index in [1.165, 1.54) is 13.8 Å². The summed E-state index contributed by atoms with van der Waals surface area (Å²) in [4.78, 5) is 0. The van der Waals surface area contributed by atoms with Crippen LogP contribution >= 0.6 is 0 Å². The van der Waals surface area contributed by atoms with Gasteiger partial charge in [0.2, 0.25) is 0 Å². The summed E-state index contributed by atoms with van der Waals surface area (Å²) in [7, 11) is -27.3. The number of hydrogen-bond donors (Lipinski definition) is 17. The SMILES string of the molecule is CC1OC(CO[C@@H]2OC(CO[C@@H]3OC(CO)[C@H](O)C(OS(=O)(=O)O)C3O)[C@H](O)C(OS(=O)(=O)O)C2O)[C@H](CO[C@@H]2OC(CO)[C@H](O)C(CO[C@@H]3OC(C)[C@@H](CO[C@@H]4OC(C)[C@@H](O)C(OS(=O)(=O)O)C4O)C(OS(=O)(=O)O)C3O)C2O)C(OS(=O)(=O)O)C1O. The van der Waals surface area contributed by atoms with Crippen LogP contribution in [0, 0.1) is 17.8 Å². The lowest BCUT2D eigenvalue weighted by atomic mass is 9.87. The maximum atomic E-state index is 12.2. The van der Waals surface area contributed by atoms with Crippen LogP contribution in [0.4, 0.5) is 0 Å². The summed E-state index contributed by atoms with van der Waals surface area (Å²) in [5, 5.41) is 130. The van der Waals surface area contributed by atoms with E-state index in [0.717, 1.165) is 6.92 Å². The zero-order valence-electron chi connectivity index (χ0n) is 45.5. The normalized spacial score (nSPS) is 44.4. The van der Waals surface area contributed by atoms with Gasteiger partial charge in [-0.1, -0.05) is 0 Å². The van der Waals surface area contributed by atoms with Gasteiger partial charge in [-0.05, 0) is 20.8 Å². The van der Waals surface area contributed by atoms with E-state index < -0.39 is 282 Å². The van der Waals surface area contributed by atoms with Crippen molar-refractivity contribution in [2.75, 3.05) is 46.2 Å². The summed E-state index contributed by atoms with van der Waals surface area (Å²) in [6.45, 7) is -3.55. The fourth-order valence-electron chi connectivity index (χ4n) is 10.3. The molecular weight excluding hydrogens is 1330 g/mol. The molecule has 48 heteroatoms. The van der Waals surface area contributed by atoms with E-state index in [9.17, 15) is 126 Å². The van der Waals surface area contributed by atoms with Gasteiger partial charge in [-0.3, -0.25) is 22.8 Å². The Balaban J connectivity index is 1.18. The number of rotatable bonds is 27. The highest BCUT2D eigenvalue weighted by atomic mass is 32.3. The van der Waals surface area contributed by atoms with Crippen molar-refractivity contribution in [3.05, 3.63) is 0 Å². The maximum absolute atomic E-state index is 12.2. The van der Waals surface area contributed by atoms with E-state index in [1.54, 1.807) is 0 Å². The van der Waals surface area contributed by atoms with Crippen molar-refractivity contribution in [2.24, 2.45) is 17.8 Å². The second kappa shape index (κ2) is 30.4. The third kappa shape index (κ3) is 19.8. The van der Waals surface area contributed by atoms with Crippen LogP contribution in [0.25, 0.3) is 0 Å². The molecule has 6 heterocycles. The van der Waals surface area contributed by atoms with Gasteiger partial charge in [0.25, 0.3) is 0 Å². The highest BCUT2D eigenvalue weighted by molar-refractivity contribution is 7.81. The van der Waals surface area contributed by atoms with Gasteiger partial charge in [-0.2, -0.15) is 42.1 Å². The lowest BCUT2D eigenvalue weighted by molar-refractivity contribution is -0.334. The van der Waals surface area contributed by atoms with Gasteiger partial charge in [-0.25, -0.2) is 20.9 Å². The monoisotopic (exact) mass is 1400 g/mol. The molecule has 19 unspecified atom stereocenters. The highest BCUT2D eigenvalue weighted by Gasteiger charge is 2.56. The molecule has 6 aliphatic heterocycles. The number of ether oxygens (including phenoxy) is 11. The van der Waals surface area contributed by atoms with Gasteiger partial charge in [0.1, 0.15) is 104 Å². The molecule has 30 atom stereocenters. The molecule has 6 saturated heterocycles. The Kier molecular flexibility index (Phi) is 26.1. The van der Waals surface area contributed by atoms with Crippen molar-refractivity contribution in [3.8, 4) is 0 Å². The summed E-state index contributed by atoms with van der Waals surface area (Å²) in [5.41, 5.74) is 0. The highest BCUT2D eigenvalue weighted by Crippen LogP contribution is 2.38. The molecule has 0 amide bonds. The predicted octanol–water partition coefficient (Wildman–Crippen LogP) is -11.1. The first-order valence-electron chi connectivity index (χ1n) is 25.8. The van der Waals surface area contributed by atoms with Crippen molar-refractivity contribution in [3.63, 3.8) is 0 Å². The average Bonchev–Trinajstić information content (AvgIpc) is 2.25. The molecule has 0 bridgehead atoms. The molecule has 0 aromatic rings. The largest absolute Gasteiger partial charge is 0.397 e. The van der Waals surface area contributed by atoms with E-state index in [-0.39, 0.29) is 0 Å². The number of aliphatic hydroxyl groups is 12. The lowest BCUT2D eigenvalue weighted by Crippen LogP contribution is -2.63. The number of aliphatic hydroxyl groups excluding tert-OH is 12. The first kappa shape index (κ1) is 75.5. The van der Waals surface area contributed by atoms with E-state index in [1.807, 2.05) is 0 Å². The second-order valence-corrected chi connectivity index (χ2v) is 26.0. The van der Waals surface area contributed by atoms with Gasteiger partial charge >= 0.3 is 52.0 Å². The molecule has 17 N–H and O–H groups in total. The minimum absolute atomic E-state index is 0.828. The van der Waals surface area contributed by atoms with Crippen LogP contribution in [0.2, 0.25) is 0 Å². The van der Waals surface area contributed by atoms with E-state index >= 15 is 0 Å². The third-order valence-electron chi connectivity index (χ3n) is 14.7. The molecule has 6 rings (SSSR count). The van der Waals surface area contributed by atoms with Crippen LogP contribution in [0.3, 0.4) is 0 Å². The first-order chi connectivity index (χ1) is 40.5. The van der Waals surface area contributed by atoms with Gasteiger partial charge in [0, 0.05) is 17.8 Å². The fraction of sp³-hybridized carbons (Fsp3) is 1.00. The molecule has 6 aliphatic rings. The zero-order valence-corrected chi connectivity index (χ0v) is 49.6. The maximum Gasteiger partial charge on any atom is 0.397 e. The molecular formula is C40H70O43S5. The summed E-state index contributed by atoms with van der Waals surface area (Å²) in [6, 6.07) is 0. The smallest absolute Gasteiger partial charge is 0.394 e. The Labute approximate surface area is 499 Å². The Morgan fingerprint density at radius 3 is 1.01 bits per heavy atom. The van der Waals surface area contributed by atoms with Crippen LogP contribution in [-0.2, 0) is 125 Å². The molecule has 0 aromatic carbocycles. The Bertz CT molecular complexity index is 2820. The Hall–Kier alpha value is -1.57. The minimum atomic E-state index is -5.60. The number of hydrogen-bond acceptors (Lipinski definition) is 38. The molecule has 0 aromatic heterocycles.